The van der Waals surface area contributed by atoms with Gasteiger partial charge in [0, 0.05) is 23.1 Å². The molecule has 0 atom stereocenters. The molecule has 0 saturated heterocycles. The van der Waals surface area contributed by atoms with Gasteiger partial charge in [0.05, 0.1) is 5.56 Å². The van der Waals surface area contributed by atoms with Crippen LogP contribution >= 0.6 is 0 Å². The van der Waals surface area contributed by atoms with E-state index in [1.165, 1.54) is 32.1 Å². The number of rotatable bonds is 2. The molecule has 1 heterocycles. The van der Waals surface area contributed by atoms with Crippen LogP contribution in [-0.4, -0.2) is 15.6 Å². The number of aromatic carboxylic acids is 1. The molecule has 3 nitrogen and oxygen atoms in total. The highest BCUT2D eigenvalue weighted by Crippen LogP contribution is 2.31. The molecule has 1 fully saturated rings. The molecule has 1 aliphatic rings. The van der Waals surface area contributed by atoms with Gasteiger partial charge in [-0.1, -0.05) is 19.3 Å². The number of benzene rings is 1. The lowest BCUT2D eigenvalue weighted by Gasteiger charge is -2.24. The lowest BCUT2D eigenvalue weighted by Crippen LogP contribution is -2.11. The van der Waals surface area contributed by atoms with Crippen molar-refractivity contribution >= 4 is 16.9 Å². The van der Waals surface area contributed by atoms with Gasteiger partial charge in [0.25, 0.3) is 0 Å². The molecule has 0 radical (unpaired) electrons. The van der Waals surface area contributed by atoms with E-state index < -0.39 is 5.97 Å². The monoisotopic (exact) mass is 243 g/mol. The van der Waals surface area contributed by atoms with E-state index in [1.807, 2.05) is 12.1 Å². The first-order chi connectivity index (χ1) is 8.75. The second-order valence-corrected chi connectivity index (χ2v) is 5.09. The lowest BCUT2D eigenvalue weighted by atomic mass is 9.95. The molecule has 3 heteroatoms. The normalized spacial score (nSPS) is 17.1. The van der Waals surface area contributed by atoms with Crippen LogP contribution in [0, 0.1) is 0 Å². The summed E-state index contributed by atoms with van der Waals surface area (Å²) in [5, 5.41) is 10.0. The smallest absolute Gasteiger partial charge is 0.335 e. The largest absolute Gasteiger partial charge is 0.478 e. The molecule has 0 spiro atoms. The summed E-state index contributed by atoms with van der Waals surface area (Å²) >= 11 is 0. The first-order valence-corrected chi connectivity index (χ1v) is 6.59. The standard InChI is InChI=1S/C15H17NO2/c17-15(18)12-6-7-14-11(10-12)8-9-16(14)13-4-2-1-3-5-13/h6-10,13H,1-5H2,(H,17,18). The number of hydrogen-bond donors (Lipinski definition) is 1. The van der Waals surface area contributed by atoms with Crippen LogP contribution in [0.5, 0.6) is 0 Å². The van der Waals surface area contributed by atoms with Gasteiger partial charge in [0.2, 0.25) is 0 Å². The highest BCUT2D eigenvalue weighted by atomic mass is 16.4. The number of carboxylic acid groups (broad SMARTS) is 1. The van der Waals surface area contributed by atoms with E-state index in [4.69, 9.17) is 5.11 Å². The molecule has 0 bridgehead atoms. The first kappa shape index (κ1) is 11.3. The summed E-state index contributed by atoms with van der Waals surface area (Å²) in [6.07, 6.45) is 8.54. The maximum absolute atomic E-state index is 10.9. The van der Waals surface area contributed by atoms with Crippen molar-refractivity contribution in [1.29, 1.82) is 0 Å². The van der Waals surface area contributed by atoms with Crippen molar-refractivity contribution in [3.8, 4) is 0 Å². The van der Waals surface area contributed by atoms with Crippen LogP contribution in [0.3, 0.4) is 0 Å². The zero-order valence-corrected chi connectivity index (χ0v) is 10.3. The van der Waals surface area contributed by atoms with Crippen LogP contribution in [0.25, 0.3) is 10.9 Å². The van der Waals surface area contributed by atoms with Crippen molar-refractivity contribution in [2.75, 3.05) is 0 Å². The first-order valence-electron chi connectivity index (χ1n) is 6.59. The Morgan fingerprint density at radius 1 is 1.17 bits per heavy atom. The second kappa shape index (κ2) is 4.48. The molecule has 1 aromatic heterocycles. The van der Waals surface area contributed by atoms with Crippen molar-refractivity contribution < 1.29 is 9.90 Å². The van der Waals surface area contributed by atoms with Gasteiger partial charge >= 0.3 is 5.97 Å². The number of carbonyl (C=O) groups is 1. The Bertz CT molecular complexity index is 579. The van der Waals surface area contributed by atoms with Gasteiger partial charge in [0.1, 0.15) is 0 Å². The van der Waals surface area contributed by atoms with E-state index in [9.17, 15) is 4.79 Å². The van der Waals surface area contributed by atoms with Crippen molar-refractivity contribution in [1.82, 2.24) is 4.57 Å². The third-order valence-corrected chi connectivity index (χ3v) is 3.94. The van der Waals surface area contributed by atoms with E-state index >= 15 is 0 Å². The zero-order valence-electron chi connectivity index (χ0n) is 10.3. The molecule has 18 heavy (non-hydrogen) atoms. The van der Waals surface area contributed by atoms with Crippen molar-refractivity contribution in [2.45, 2.75) is 38.1 Å². The minimum atomic E-state index is -0.859. The second-order valence-electron chi connectivity index (χ2n) is 5.09. The molecular formula is C15H17NO2. The van der Waals surface area contributed by atoms with Gasteiger partial charge in [-0.25, -0.2) is 4.79 Å². The van der Waals surface area contributed by atoms with E-state index in [-0.39, 0.29) is 0 Å². The Hall–Kier alpha value is -1.77. The SMILES string of the molecule is O=C(O)c1ccc2c(ccn2C2CCCCC2)c1. The minimum Gasteiger partial charge on any atom is -0.478 e. The predicted octanol–water partition coefficient (Wildman–Crippen LogP) is 3.84. The molecule has 94 valence electrons. The highest BCUT2D eigenvalue weighted by Gasteiger charge is 2.16. The van der Waals surface area contributed by atoms with Crippen molar-refractivity contribution in [2.24, 2.45) is 0 Å². The Morgan fingerprint density at radius 3 is 2.67 bits per heavy atom. The highest BCUT2D eigenvalue weighted by molar-refractivity contribution is 5.93. The molecular weight excluding hydrogens is 226 g/mol. The van der Waals surface area contributed by atoms with Gasteiger partial charge in [-0.05, 0) is 37.1 Å². The zero-order chi connectivity index (χ0) is 12.5. The maximum atomic E-state index is 10.9. The molecule has 1 aromatic carbocycles. The average molecular weight is 243 g/mol. The summed E-state index contributed by atoms with van der Waals surface area (Å²) in [6.45, 7) is 0. The van der Waals surface area contributed by atoms with Crippen LogP contribution < -0.4 is 0 Å². The quantitative estimate of drug-likeness (QED) is 0.870. The molecule has 0 amide bonds. The van der Waals surface area contributed by atoms with E-state index in [0.29, 0.717) is 11.6 Å². The molecule has 1 N–H and O–H groups in total. The fourth-order valence-electron chi connectivity index (χ4n) is 2.97. The summed E-state index contributed by atoms with van der Waals surface area (Å²) in [6, 6.07) is 8.01. The molecule has 3 rings (SSSR count). The Kier molecular flexibility index (Phi) is 2.82. The van der Waals surface area contributed by atoms with E-state index in [1.54, 1.807) is 12.1 Å². The number of fused-ring (bicyclic) bond motifs is 1. The number of carboxylic acids is 1. The van der Waals surface area contributed by atoms with Crippen LogP contribution in [-0.2, 0) is 0 Å². The van der Waals surface area contributed by atoms with Crippen LogP contribution in [0.4, 0.5) is 0 Å². The topological polar surface area (TPSA) is 42.2 Å². The number of nitrogens with zero attached hydrogens (tertiary/aromatic N) is 1. The van der Waals surface area contributed by atoms with Gasteiger partial charge in [-0.2, -0.15) is 0 Å². The number of hydrogen-bond acceptors (Lipinski definition) is 1. The van der Waals surface area contributed by atoms with Gasteiger partial charge in [0.15, 0.2) is 0 Å². The van der Waals surface area contributed by atoms with Crippen LogP contribution in [0.1, 0.15) is 48.5 Å². The third kappa shape index (κ3) is 1.90. The summed E-state index contributed by atoms with van der Waals surface area (Å²) in [4.78, 5) is 10.9. The van der Waals surface area contributed by atoms with Gasteiger partial charge in [-0.3, -0.25) is 0 Å². The van der Waals surface area contributed by atoms with Gasteiger partial charge < -0.3 is 9.67 Å². The third-order valence-electron chi connectivity index (χ3n) is 3.94. The lowest BCUT2D eigenvalue weighted by molar-refractivity contribution is 0.0697. The molecule has 2 aromatic rings. The van der Waals surface area contributed by atoms with E-state index in [0.717, 1.165) is 10.9 Å². The molecule has 0 unspecified atom stereocenters. The maximum Gasteiger partial charge on any atom is 0.335 e. The Balaban J connectivity index is 2.01. The molecule has 0 aliphatic heterocycles. The average Bonchev–Trinajstić information content (AvgIpc) is 2.82. The Morgan fingerprint density at radius 2 is 1.94 bits per heavy atom. The summed E-state index contributed by atoms with van der Waals surface area (Å²) in [5.74, 6) is -0.859. The fourth-order valence-corrected chi connectivity index (χ4v) is 2.97. The summed E-state index contributed by atoms with van der Waals surface area (Å²) in [7, 11) is 0. The minimum absolute atomic E-state index is 0.365. The molecule has 1 saturated carbocycles. The van der Waals surface area contributed by atoms with Crippen molar-refractivity contribution in [3.05, 3.63) is 36.0 Å². The Labute approximate surface area is 106 Å². The van der Waals surface area contributed by atoms with Crippen LogP contribution in [0.2, 0.25) is 0 Å². The van der Waals surface area contributed by atoms with E-state index in [2.05, 4.69) is 10.8 Å². The van der Waals surface area contributed by atoms with Crippen LogP contribution in [0.15, 0.2) is 30.5 Å². The summed E-state index contributed by atoms with van der Waals surface area (Å²) in [5.41, 5.74) is 1.52. The van der Waals surface area contributed by atoms with Gasteiger partial charge in [-0.15, -0.1) is 0 Å². The number of aromatic nitrogens is 1. The summed E-state index contributed by atoms with van der Waals surface area (Å²) < 4.78 is 2.32. The molecule has 1 aliphatic carbocycles. The fraction of sp³-hybridized carbons (Fsp3) is 0.400. The van der Waals surface area contributed by atoms with Crippen molar-refractivity contribution in [3.63, 3.8) is 0 Å². The predicted molar refractivity (Wildman–Crippen MR) is 71.0 cm³/mol.